The number of rotatable bonds is 8. The molecule has 148 valence electrons. The maximum Gasteiger partial charge on any atom is 0.433 e. The van der Waals surface area contributed by atoms with Crippen molar-refractivity contribution in [1.82, 2.24) is 4.90 Å². The summed E-state index contributed by atoms with van der Waals surface area (Å²) in [6, 6.07) is 9.40. The van der Waals surface area contributed by atoms with Crippen molar-refractivity contribution < 1.29 is 28.5 Å². The molecule has 0 bridgehead atoms. The number of aryl methyl sites for hydroxylation is 1. The first kappa shape index (κ1) is 20.6. The van der Waals surface area contributed by atoms with Gasteiger partial charge < -0.3 is 19.4 Å². The number of likely N-dealkylation sites (N-methyl/N-ethyl adjacent to an activating group) is 1. The van der Waals surface area contributed by atoms with E-state index in [-0.39, 0.29) is 6.54 Å². The van der Waals surface area contributed by atoms with Crippen LogP contribution in [0.25, 0.3) is 0 Å². The number of carbonyl (C=O) groups excluding carboxylic acids is 3. The molecular formula is C18H19N3O7. The number of para-hydroxylation sites is 1. The smallest absolute Gasteiger partial charge is 0.433 e. The van der Waals surface area contributed by atoms with E-state index in [1.54, 1.807) is 12.1 Å². The molecule has 0 aliphatic rings. The van der Waals surface area contributed by atoms with Crippen molar-refractivity contribution >= 4 is 29.4 Å². The zero-order valence-corrected chi connectivity index (χ0v) is 15.3. The molecule has 1 heterocycles. The maximum absolute atomic E-state index is 12.1. The number of furan rings is 1. The summed E-state index contributed by atoms with van der Waals surface area (Å²) >= 11 is 0. The number of nitrogens with zero attached hydrogens (tertiary/aromatic N) is 2. The van der Waals surface area contributed by atoms with E-state index in [1.807, 2.05) is 19.1 Å². The van der Waals surface area contributed by atoms with Crippen molar-refractivity contribution in [3.05, 3.63) is 57.8 Å². The zero-order valence-electron chi connectivity index (χ0n) is 15.3. The fourth-order valence-electron chi connectivity index (χ4n) is 2.29. The molecule has 1 N–H and O–H groups in total. The number of nitro groups is 1. The Morgan fingerprint density at radius 2 is 1.93 bits per heavy atom. The number of carbonyl (C=O) groups is 3. The van der Waals surface area contributed by atoms with Crippen LogP contribution in [-0.4, -0.2) is 47.8 Å². The van der Waals surface area contributed by atoms with Crippen molar-refractivity contribution in [1.29, 1.82) is 0 Å². The van der Waals surface area contributed by atoms with Crippen LogP contribution in [0.3, 0.4) is 0 Å². The Bertz CT molecular complexity index is 891. The average molecular weight is 389 g/mol. The summed E-state index contributed by atoms with van der Waals surface area (Å²) in [5, 5.41) is 13.3. The second-order valence-electron chi connectivity index (χ2n) is 5.78. The van der Waals surface area contributed by atoms with Gasteiger partial charge in [-0.15, -0.1) is 0 Å². The highest BCUT2D eigenvalue weighted by Crippen LogP contribution is 2.17. The molecule has 0 radical (unpaired) electrons. The first-order valence-corrected chi connectivity index (χ1v) is 8.35. The van der Waals surface area contributed by atoms with Gasteiger partial charge in [0.15, 0.2) is 6.61 Å². The lowest BCUT2D eigenvalue weighted by atomic mass is 10.1. The Balaban J connectivity index is 1.83. The van der Waals surface area contributed by atoms with Gasteiger partial charge in [0.2, 0.25) is 11.7 Å². The average Bonchev–Trinajstić information content (AvgIpc) is 3.16. The van der Waals surface area contributed by atoms with Crippen LogP contribution >= 0.6 is 0 Å². The van der Waals surface area contributed by atoms with E-state index >= 15 is 0 Å². The lowest BCUT2D eigenvalue weighted by Crippen LogP contribution is -2.37. The van der Waals surface area contributed by atoms with Gasteiger partial charge in [0.05, 0.1) is 12.6 Å². The Kier molecular flexibility index (Phi) is 6.85. The third kappa shape index (κ3) is 5.40. The van der Waals surface area contributed by atoms with Crippen LogP contribution < -0.4 is 5.32 Å². The van der Waals surface area contributed by atoms with Crippen LogP contribution in [0.15, 0.2) is 40.8 Å². The number of benzene rings is 1. The maximum atomic E-state index is 12.1. The van der Waals surface area contributed by atoms with E-state index in [2.05, 4.69) is 9.73 Å². The number of hydrogen-bond donors (Lipinski definition) is 1. The summed E-state index contributed by atoms with van der Waals surface area (Å²) in [6.45, 7) is 1.09. The molecule has 28 heavy (non-hydrogen) atoms. The first-order valence-electron chi connectivity index (χ1n) is 8.35. The quantitative estimate of drug-likeness (QED) is 0.415. The van der Waals surface area contributed by atoms with Gasteiger partial charge in [-0.05, 0) is 24.1 Å². The topological polar surface area (TPSA) is 132 Å². The predicted molar refractivity (Wildman–Crippen MR) is 97.7 cm³/mol. The monoisotopic (exact) mass is 389 g/mol. The third-order valence-corrected chi connectivity index (χ3v) is 3.78. The molecule has 0 unspecified atom stereocenters. The molecule has 0 saturated carbocycles. The minimum absolute atomic E-state index is 0.235. The molecule has 0 fully saturated rings. The standard InChI is InChI=1S/C18H19N3O7/c1-3-12-6-4-5-7-13(12)19-15(22)10-20(2)16(23)11-27-18(24)14-8-9-17(28-14)21(25)26/h4-9H,3,10-11H2,1-2H3,(H,19,22). The highest BCUT2D eigenvalue weighted by Gasteiger charge is 2.21. The Labute approximate surface area is 160 Å². The highest BCUT2D eigenvalue weighted by molar-refractivity contribution is 5.95. The predicted octanol–water partition coefficient (Wildman–Crippen LogP) is 2.00. The van der Waals surface area contributed by atoms with Crippen molar-refractivity contribution in [3.63, 3.8) is 0 Å². The molecule has 10 nitrogen and oxygen atoms in total. The van der Waals surface area contributed by atoms with E-state index in [4.69, 9.17) is 4.74 Å². The number of anilines is 1. The summed E-state index contributed by atoms with van der Waals surface area (Å²) in [7, 11) is 1.39. The molecule has 0 aliphatic heterocycles. The minimum Gasteiger partial charge on any atom is -0.450 e. The number of esters is 1. The molecular weight excluding hydrogens is 370 g/mol. The van der Waals surface area contributed by atoms with Gasteiger partial charge in [-0.2, -0.15) is 0 Å². The lowest BCUT2D eigenvalue weighted by Gasteiger charge is -2.17. The Morgan fingerprint density at radius 3 is 2.57 bits per heavy atom. The van der Waals surface area contributed by atoms with Gasteiger partial charge in [-0.3, -0.25) is 19.7 Å². The molecule has 2 amide bonds. The van der Waals surface area contributed by atoms with Gasteiger partial charge in [-0.25, -0.2) is 4.79 Å². The van der Waals surface area contributed by atoms with E-state index < -0.39 is 41.0 Å². The summed E-state index contributed by atoms with van der Waals surface area (Å²) in [4.78, 5) is 46.7. The fourth-order valence-corrected chi connectivity index (χ4v) is 2.29. The van der Waals surface area contributed by atoms with Gasteiger partial charge in [0.1, 0.15) is 4.92 Å². The molecule has 10 heteroatoms. The van der Waals surface area contributed by atoms with E-state index in [0.717, 1.165) is 29.0 Å². The zero-order chi connectivity index (χ0) is 20.7. The van der Waals surface area contributed by atoms with Crippen molar-refractivity contribution in [3.8, 4) is 0 Å². The fraction of sp³-hybridized carbons (Fsp3) is 0.278. The van der Waals surface area contributed by atoms with Crippen molar-refractivity contribution in [2.75, 3.05) is 25.5 Å². The third-order valence-electron chi connectivity index (χ3n) is 3.78. The normalized spacial score (nSPS) is 10.2. The van der Waals surface area contributed by atoms with E-state index in [9.17, 15) is 24.5 Å². The van der Waals surface area contributed by atoms with Crippen LogP contribution in [0.2, 0.25) is 0 Å². The van der Waals surface area contributed by atoms with Crippen LogP contribution in [0.5, 0.6) is 0 Å². The molecule has 0 spiro atoms. The Morgan fingerprint density at radius 1 is 1.21 bits per heavy atom. The number of amides is 2. The molecule has 1 aromatic carbocycles. The van der Waals surface area contributed by atoms with Gasteiger partial charge in [0, 0.05) is 12.7 Å². The first-order chi connectivity index (χ1) is 13.3. The minimum atomic E-state index is -1.02. The molecule has 1 aromatic heterocycles. The number of hydrogen-bond acceptors (Lipinski definition) is 7. The van der Waals surface area contributed by atoms with E-state index in [1.165, 1.54) is 7.05 Å². The molecule has 2 aromatic rings. The number of nitrogens with one attached hydrogen (secondary N) is 1. The highest BCUT2D eigenvalue weighted by atomic mass is 16.7. The van der Waals surface area contributed by atoms with Gasteiger partial charge in [0.25, 0.3) is 5.91 Å². The summed E-state index contributed by atoms with van der Waals surface area (Å²) in [5.41, 5.74) is 1.63. The van der Waals surface area contributed by atoms with Gasteiger partial charge >= 0.3 is 11.9 Å². The van der Waals surface area contributed by atoms with Crippen molar-refractivity contribution in [2.45, 2.75) is 13.3 Å². The van der Waals surface area contributed by atoms with E-state index in [0.29, 0.717) is 5.69 Å². The second kappa shape index (κ2) is 9.31. The van der Waals surface area contributed by atoms with Crippen molar-refractivity contribution in [2.24, 2.45) is 0 Å². The summed E-state index contributed by atoms with van der Waals surface area (Å²) in [5.74, 6) is -3.04. The Hall–Kier alpha value is -3.69. The number of ether oxygens (including phenoxy) is 1. The largest absolute Gasteiger partial charge is 0.450 e. The lowest BCUT2D eigenvalue weighted by molar-refractivity contribution is -0.402. The van der Waals surface area contributed by atoms with Gasteiger partial charge in [-0.1, -0.05) is 25.1 Å². The van der Waals surface area contributed by atoms with Crippen LogP contribution in [-0.2, 0) is 20.7 Å². The SMILES string of the molecule is CCc1ccccc1NC(=O)CN(C)C(=O)COC(=O)c1ccc([N+](=O)[O-])o1. The molecule has 0 atom stereocenters. The van der Waals surface area contributed by atoms with Crippen LogP contribution in [0, 0.1) is 10.1 Å². The molecule has 2 rings (SSSR count). The summed E-state index contributed by atoms with van der Waals surface area (Å²) < 4.78 is 9.45. The second-order valence-corrected chi connectivity index (χ2v) is 5.78. The molecule has 0 saturated heterocycles. The van der Waals surface area contributed by atoms with Crippen LogP contribution in [0.4, 0.5) is 11.6 Å². The summed E-state index contributed by atoms with van der Waals surface area (Å²) in [6.07, 6.45) is 0.742. The van der Waals surface area contributed by atoms with Crippen LogP contribution in [0.1, 0.15) is 23.0 Å². The molecule has 0 aliphatic carbocycles.